The Morgan fingerprint density at radius 2 is 1.73 bits per heavy atom. The largest absolute Gasteiger partial charge is 0.513 e. The van der Waals surface area contributed by atoms with Crippen molar-refractivity contribution in [1.29, 1.82) is 0 Å². The fraction of sp³-hybridized carbons (Fsp3) is 0.421. The number of carbonyl (C=O) groups is 1. The quantitative estimate of drug-likeness (QED) is 0.461. The predicted octanol–water partition coefficient (Wildman–Crippen LogP) is 6.24. The molecule has 1 aliphatic heterocycles. The summed E-state index contributed by atoms with van der Waals surface area (Å²) in [7, 11) is -2.91. The van der Waals surface area contributed by atoms with Crippen LogP contribution in [-0.2, 0) is 4.74 Å². The summed E-state index contributed by atoms with van der Waals surface area (Å²) in [6.45, 7) is 2.09. The number of benzene rings is 2. The number of ether oxygens (including phenoxy) is 2. The van der Waals surface area contributed by atoms with Crippen molar-refractivity contribution < 1.29 is 27.4 Å². The molecule has 7 heteroatoms. The van der Waals surface area contributed by atoms with Crippen LogP contribution in [0.15, 0.2) is 41.3 Å². The number of halogens is 3. The van der Waals surface area contributed by atoms with E-state index in [1.54, 1.807) is 24.3 Å². The van der Waals surface area contributed by atoms with Crippen molar-refractivity contribution in [3.63, 3.8) is 0 Å². The summed E-state index contributed by atoms with van der Waals surface area (Å²) in [5.74, 6) is 0.554. The fourth-order valence-corrected chi connectivity index (χ4v) is 7.03. The van der Waals surface area contributed by atoms with Crippen molar-refractivity contribution in [1.82, 2.24) is 0 Å². The Hall–Kier alpha value is -1.89. The average Bonchev–Trinajstić information content (AvgIpc) is 3.11. The van der Waals surface area contributed by atoms with E-state index >= 15 is 0 Å². The Morgan fingerprint density at radius 1 is 1.08 bits per heavy atom. The number of hydrogen-bond donors (Lipinski definition) is 0. The molecule has 0 atom stereocenters. The summed E-state index contributed by atoms with van der Waals surface area (Å²) >= 11 is 0. The topological polar surface area (TPSA) is 35.5 Å². The van der Waals surface area contributed by atoms with Crippen molar-refractivity contribution in [2.45, 2.75) is 36.6 Å². The minimum absolute atomic E-state index is 0.166. The highest BCUT2D eigenvalue weighted by Gasteiger charge is 2.53. The lowest BCUT2D eigenvalue weighted by molar-refractivity contribution is -0.0380. The third-order valence-electron chi connectivity index (χ3n) is 4.56. The second kappa shape index (κ2) is 7.39. The standard InChI is InChI=1S/C19H21F3O3S/c1-2-11-24-18(23)25-16-9-10-17(15-8-4-3-7-14(15)16)26(19(20,21)22)12-5-6-13-26/h3-4,7-10H,2,5-6,11-13H2,1H3. The molecule has 0 spiro atoms. The molecule has 1 fully saturated rings. The summed E-state index contributed by atoms with van der Waals surface area (Å²) in [5.41, 5.74) is -4.24. The van der Waals surface area contributed by atoms with Crippen molar-refractivity contribution >= 4 is 27.0 Å². The molecule has 0 bridgehead atoms. The number of hydrogen-bond acceptors (Lipinski definition) is 3. The third kappa shape index (κ3) is 3.37. The van der Waals surface area contributed by atoms with Gasteiger partial charge in [0.25, 0.3) is 0 Å². The third-order valence-corrected chi connectivity index (χ3v) is 8.62. The summed E-state index contributed by atoms with van der Waals surface area (Å²) in [4.78, 5) is 12.1. The normalized spacial score (nSPS) is 17.8. The molecule has 2 aromatic rings. The summed E-state index contributed by atoms with van der Waals surface area (Å²) in [6, 6.07) is 9.74. The van der Waals surface area contributed by atoms with Crippen molar-refractivity contribution in [2.75, 3.05) is 18.1 Å². The van der Waals surface area contributed by atoms with Crippen LogP contribution in [0.4, 0.5) is 18.0 Å². The number of fused-ring (bicyclic) bond motifs is 1. The first-order chi connectivity index (χ1) is 12.4. The van der Waals surface area contributed by atoms with Crippen LogP contribution in [0.2, 0.25) is 0 Å². The molecule has 1 aliphatic rings. The van der Waals surface area contributed by atoms with Crippen LogP contribution in [0.5, 0.6) is 5.75 Å². The van der Waals surface area contributed by atoms with Crippen LogP contribution in [0.3, 0.4) is 0 Å². The summed E-state index contributed by atoms with van der Waals surface area (Å²) in [5, 5.41) is 1.00. The van der Waals surface area contributed by atoms with Gasteiger partial charge < -0.3 is 9.47 Å². The molecular formula is C19H21F3O3S. The highest BCUT2D eigenvalue weighted by molar-refractivity contribution is 8.34. The second-order valence-corrected chi connectivity index (χ2v) is 9.74. The lowest BCUT2D eigenvalue weighted by Gasteiger charge is -2.38. The van der Waals surface area contributed by atoms with Crippen LogP contribution in [0, 0.1) is 0 Å². The molecule has 3 nitrogen and oxygen atoms in total. The zero-order chi connectivity index (χ0) is 18.8. The lowest BCUT2D eigenvalue weighted by Crippen LogP contribution is -2.23. The van der Waals surface area contributed by atoms with Crippen molar-refractivity contribution in [3.8, 4) is 5.75 Å². The SMILES string of the molecule is CCCOC(=O)Oc1ccc(S2(C(F)(F)F)CCCC2)c2ccccc12. The first-order valence-corrected chi connectivity index (χ1v) is 10.6. The van der Waals surface area contributed by atoms with Crippen LogP contribution in [-0.4, -0.2) is 29.8 Å². The van der Waals surface area contributed by atoms with E-state index in [1.807, 2.05) is 6.92 Å². The molecule has 0 aromatic heterocycles. The zero-order valence-electron chi connectivity index (χ0n) is 14.5. The molecule has 2 aromatic carbocycles. The first kappa shape index (κ1) is 18.9. The van der Waals surface area contributed by atoms with E-state index in [2.05, 4.69) is 0 Å². The molecular weight excluding hydrogens is 365 g/mol. The van der Waals surface area contributed by atoms with E-state index in [9.17, 15) is 18.0 Å². The minimum Gasteiger partial charge on any atom is -0.434 e. The summed E-state index contributed by atoms with van der Waals surface area (Å²) < 4.78 is 52.2. The molecule has 0 amide bonds. The average molecular weight is 386 g/mol. The van der Waals surface area contributed by atoms with E-state index in [4.69, 9.17) is 9.47 Å². The Bertz CT molecular complexity index is 798. The molecule has 0 N–H and O–H groups in total. The molecule has 0 aliphatic carbocycles. The molecule has 26 heavy (non-hydrogen) atoms. The fourth-order valence-electron chi connectivity index (χ4n) is 3.35. The van der Waals surface area contributed by atoms with Gasteiger partial charge in [-0.3, -0.25) is 0 Å². The maximum absolute atomic E-state index is 14.0. The number of carbonyl (C=O) groups excluding carboxylic acids is 1. The van der Waals surface area contributed by atoms with E-state index in [1.165, 1.54) is 12.1 Å². The van der Waals surface area contributed by atoms with Crippen LogP contribution in [0.1, 0.15) is 26.2 Å². The van der Waals surface area contributed by atoms with Crippen LogP contribution >= 0.6 is 10.0 Å². The van der Waals surface area contributed by atoms with Crippen LogP contribution < -0.4 is 4.74 Å². The van der Waals surface area contributed by atoms with Gasteiger partial charge in [0.2, 0.25) is 0 Å². The van der Waals surface area contributed by atoms with Gasteiger partial charge in [-0.1, -0.05) is 31.2 Å². The number of rotatable bonds is 4. The van der Waals surface area contributed by atoms with Gasteiger partial charge in [0.1, 0.15) is 5.75 Å². The Morgan fingerprint density at radius 3 is 2.35 bits per heavy atom. The van der Waals surface area contributed by atoms with Gasteiger partial charge >= 0.3 is 11.7 Å². The Balaban J connectivity index is 2.07. The van der Waals surface area contributed by atoms with Crippen molar-refractivity contribution in [2.24, 2.45) is 0 Å². The number of alkyl halides is 3. The van der Waals surface area contributed by atoms with Crippen LogP contribution in [0.25, 0.3) is 10.8 Å². The van der Waals surface area contributed by atoms with E-state index < -0.39 is 21.7 Å². The monoisotopic (exact) mass is 386 g/mol. The highest BCUT2D eigenvalue weighted by atomic mass is 32.3. The molecule has 1 heterocycles. The Kier molecular flexibility index (Phi) is 5.37. The smallest absolute Gasteiger partial charge is 0.434 e. The molecule has 1 saturated heterocycles. The van der Waals surface area contributed by atoms with E-state index in [0.717, 1.165) is 0 Å². The summed E-state index contributed by atoms with van der Waals surface area (Å²) in [6.07, 6.45) is 0.991. The molecule has 3 rings (SSSR count). The molecule has 142 valence electrons. The maximum atomic E-state index is 14.0. The van der Waals surface area contributed by atoms with Gasteiger partial charge in [0.15, 0.2) is 0 Å². The van der Waals surface area contributed by atoms with Gasteiger partial charge in [0.05, 0.1) is 6.61 Å². The van der Waals surface area contributed by atoms with Gasteiger partial charge in [-0.2, -0.15) is 13.2 Å². The van der Waals surface area contributed by atoms with Gasteiger partial charge in [-0.15, -0.1) is 10.0 Å². The maximum Gasteiger partial charge on any atom is 0.513 e. The molecule has 0 radical (unpaired) electrons. The lowest BCUT2D eigenvalue weighted by atomic mass is 10.1. The predicted molar refractivity (Wildman–Crippen MR) is 97.1 cm³/mol. The minimum atomic E-state index is -4.24. The highest BCUT2D eigenvalue weighted by Crippen LogP contribution is 2.72. The Labute approximate surface area is 151 Å². The zero-order valence-corrected chi connectivity index (χ0v) is 15.3. The van der Waals surface area contributed by atoms with Gasteiger partial charge in [0, 0.05) is 10.3 Å². The first-order valence-electron chi connectivity index (χ1n) is 8.60. The van der Waals surface area contributed by atoms with E-state index in [-0.39, 0.29) is 23.9 Å². The van der Waals surface area contributed by atoms with Gasteiger partial charge in [-0.05, 0) is 48.3 Å². The second-order valence-electron chi connectivity index (χ2n) is 6.25. The molecule has 0 unspecified atom stereocenters. The van der Waals surface area contributed by atoms with Crippen molar-refractivity contribution in [3.05, 3.63) is 36.4 Å². The molecule has 0 saturated carbocycles. The van der Waals surface area contributed by atoms with Gasteiger partial charge in [-0.25, -0.2) is 4.79 Å². The van der Waals surface area contributed by atoms with E-state index in [0.29, 0.717) is 34.9 Å².